The van der Waals surface area contributed by atoms with Crippen LogP contribution >= 0.6 is 11.8 Å². The molecule has 0 fully saturated rings. The minimum atomic E-state index is 0.863. The number of nitrogens with zero attached hydrogens (tertiary/aromatic N) is 2. The van der Waals surface area contributed by atoms with Crippen molar-refractivity contribution >= 4 is 29.7 Å². The zero-order valence-corrected chi connectivity index (χ0v) is 7.14. The maximum atomic E-state index is 4.35. The van der Waals surface area contributed by atoms with E-state index in [0.29, 0.717) is 0 Å². The third-order valence-corrected chi connectivity index (χ3v) is 2.93. The van der Waals surface area contributed by atoms with Crippen LogP contribution in [0.4, 0.5) is 5.69 Å². The van der Waals surface area contributed by atoms with E-state index in [0.717, 1.165) is 16.9 Å². The fourth-order valence-electron chi connectivity index (χ4n) is 1.43. The van der Waals surface area contributed by atoms with E-state index in [1.54, 1.807) is 11.8 Å². The number of thioether (sulfide) groups is 1. The van der Waals surface area contributed by atoms with Gasteiger partial charge in [0.05, 0.1) is 16.9 Å². The molecule has 12 heavy (non-hydrogen) atoms. The fraction of sp³-hybridized carbons (Fsp3) is 0.111. The predicted molar refractivity (Wildman–Crippen MR) is 50.6 cm³/mol. The minimum absolute atomic E-state index is 0.863. The maximum absolute atomic E-state index is 4.35. The number of fused-ring (bicyclic) bond motifs is 2. The molecule has 0 atom stereocenters. The van der Waals surface area contributed by atoms with Gasteiger partial charge in [0.15, 0.2) is 0 Å². The summed E-state index contributed by atoms with van der Waals surface area (Å²) in [5.41, 5.74) is 1.06. The molecular weight excluding hydrogens is 168 g/mol. The summed E-state index contributed by atoms with van der Waals surface area (Å²) >= 11 is 1.79. The molecule has 3 heteroatoms. The van der Waals surface area contributed by atoms with E-state index < -0.39 is 0 Å². The SMILES string of the molecule is C1=Nc2cc3c(cc2=C1)SCN=3. The smallest absolute Gasteiger partial charge is 0.0898 e. The van der Waals surface area contributed by atoms with Crippen molar-refractivity contribution in [2.45, 2.75) is 4.90 Å². The zero-order valence-electron chi connectivity index (χ0n) is 6.32. The van der Waals surface area contributed by atoms with Crippen molar-refractivity contribution in [1.29, 1.82) is 0 Å². The largest absolute Gasteiger partial charge is 0.273 e. The summed E-state index contributed by atoms with van der Waals surface area (Å²) in [4.78, 5) is 9.87. The summed E-state index contributed by atoms with van der Waals surface area (Å²) in [7, 11) is 0. The van der Waals surface area contributed by atoms with Gasteiger partial charge in [0.25, 0.3) is 0 Å². The Morgan fingerprint density at radius 2 is 2.33 bits per heavy atom. The summed E-state index contributed by atoms with van der Waals surface area (Å²) < 4.78 is 0. The second-order valence-corrected chi connectivity index (χ2v) is 3.74. The van der Waals surface area contributed by atoms with E-state index in [1.807, 2.05) is 12.3 Å². The Hall–Kier alpha value is -1.09. The monoisotopic (exact) mass is 174 g/mol. The van der Waals surface area contributed by atoms with Crippen LogP contribution in [0.25, 0.3) is 6.08 Å². The Kier molecular flexibility index (Phi) is 1.18. The van der Waals surface area contributed by atoms with Crippen molar-refractivity contribution in [2.75, 3.05) is 5.88 Å². The molecule has 1 aromatic rings. The highest BCUT2D eigenvalue weighted by Gasteiger charge is 2.07. The second kappa shape index (κ2) is 2.20. The van der Waals surface area contributed by atoms with Crippen LogP contribution in [0, 0.1) is 0 Å². The molecule has 2 aliphatic rings. The Morgan fingerprint density at radius 1 is 1.33 bits per heavy atom. The number of benzene rings is 1. The number of aliphatic imine (C=N–C) groups is 1. The Bertz CT molecular complexity index is 488. The van der Waals surface area contributed by atoms with Crippen LogP contribution in [0.2, 0.25) is 0 Å². The van der Waals surface area contributed by atoms with Gasteiger partial charge in [-0.2, -0.15) is 0 Å². The minimum Gasteiger partial charge on any atom is -0.273 e. The van der Waals surface area contributed by atoms with Crippen molar-refractivity contribution in [3.05, 3.63) is 22.7 Å². The predicted octanol–water partition coefficient (Wildman–Crippen LogP) is 0.866. The second-order valence-electron chi connectivity index (χ2n) is 2.76. The van der Waals surface area contributed by atoms with Crippen LogP contribution in [0.15, 0.2) is 27.0 Å². The average molecular weight is 174 g/mol. The lowest BCUT2D eigenvalue weighted by Gasteiger charge is -1.92. The molecule has 0 radical (unpaired) electrons. The quantitative estimate of drug-likeness (QED) is 0.572. The molecule has 0 amide bonds. The third-order valence-electron chi connectivity index (χ3n) is 2.03. The molecular formula is C9H6N2S. The number of hydrogen-bond acceptors (Lipinski definition) is 3. The highest BCUT2D eigenvalue weighted by Crippen LogP contribution is 2.19. The summed E-state index contributed by atoms with van der Waals surface area (Å²) in [6.45, 7) is 0. The zero-order chi connectivity index (χ0) is 7.97. The molecule has 2 nitrogen and oxygen atoms in total. The van der Waals surface area contributed by atoms with Gasteiger partial charge in [0.2, 0.25) is 0 Å². The van der Waals surface area contributed by atoms with Gasteiger partial charge in [-0.3, -0.25) is 9.98 Å². The lowest BCUT2D eigenvalue weighted by molar-refractivity contribution is 1.20. The summed E-state index contributed by atoms with van der Waals surface area (Å²) in [5.74, 6) is 0.863. The lowest BCUT2D eigenvalue weighted by atomic mass is 10.2. The third kappa shape index (κ3) is 0.770. The first-order valence-electron chi connectivity index (χ1n) is 3.79. The maximum Gasteiger partial charge on any atom is 0.0898 e. The molecule has 2 aliphatic heterocycles. The topological polar surface area (TPSA) is 24.7 Å². The van der Waals surface area contributed by atoms with Gasteiger partial charge in [0.1, 0.15) is 0 Å². The molecule has 0 aromatic heterocycles. The van der Waals surface area contributed by atoms with Crippen molar-refractivity contribution in [3.8, 4) is 0 Å². The van der Waals surface area contributed by atoms with Crippen LogP contribution in [0.5, 0.6) is 0 Å². The van der Waals surface area contributed by atoms with Gasteiger partial charge in [-0.1, -0.05) is 0 Å². The van der Waals surface area contributed by atoms with Gasteiger partial charge in [-0.05, 0) is 18.2 Å². The van der Waals surface area contributed by atoms with Gasteiger partial charge in [0, 0.05) is 16.3 Å². The highest BCUT2D eigenvalue weighted by atomic mass is 32.2. The molecule has 3 rings (SSSR count). The molecule has 0 aliphatic carbocycles. The normalized spacial score (nSPS) is 16.7. The standard InChI is InChI=1S/C9H6N2S/c1-2-10-7-4-8-9(3-6(1)7)12-5-11-8/h1-4H,5H2. The Balaban J connectivity index is 2.45. The first kappa shape index (κ1) is 6.43. The lowest BCUT2D eigenvalue weighted by Crippen LogP contribution is -2.08. The van der Waals surface area contributed by atoms with Crippen molar-refractivity contribution in [2.24, 2.45) is 9.98 Å². The molecule has 0 spiro atoms. The molecule has 0 saturated carbocycles. The van der Waals surface area contributed by atoms with Crippen LogP contribution in [-0.4, -0.2) is 12.1 Å². The summed E-state index contributed by atoms with van der Waals surface area (Å²) in [6, 6.07) is 4.23. The first-order chi connectivity index (χ1) is 5.93. The van der Waals surface area contributed by atoms with Crippen molar-refractivity contribution in [1.82, 2.24) is 0 Å². The van der Waals surface area contributed by atoms with Crippen LogP contribution < -0.4 is 10.6 Å². The average Bonchev–Trinajstić information content (AvgIpc) is 2.64. The van der Waals surface area contributed by atoms with E-state index in [4.69, 9.17) is 0 Å². The van der Waals surface area contributed by atoms with Crippen LogP contribution in [0.1, 0.15) is 0 Å². The molecule has 58 valence electrons. The van der Waals surface area contributed by atoms with E-state index in [2.05, 4.69) is 22.1 Å². The highest BCUT2D eigenvalue weighted by molar-refractivity contribution is 7.99. The van der Waals surface area contributed by atoms with Crippen LogP contribution in [0.3, 0.4) is 0 Å². The van der Waals surface area contributed by atoms with Gasteiger partial charge >= 0.3 is 0 Å². The van der Waals surface area contributed by atoms with Gasteiger partial charge in [-0.15, -0.1) is 11.8 Å². The fourth-order valence-corrected chi connectivity index (χ4v) is 2.25. The number of rotatable bonds is 0. The molecule has 2 heterocycles. The molecule has 0 N–H and O–H groups in total. The van der Waals surface area contributed by atoms with E-state index in [9.17, 15) is 0 Å². The van der Waals surface area contributed by atoms with Crippen molar-refractivity contribution < 1.29 is 0 Å². The molecule has 0 saturated heterocycles. The first-order valence-corrected chi connectivity index (χ1v) is 4.78. The Labute approximate surface area is 73.7 Å². The Morgan fingerprint density at radius 3 is 3.33 bits per heavy atom. The van der Waals surface area contributed by atoms with Gasteiger partial charge < -0.3 is 0 Å². The summed E-state index contributed by atoms with van der Waals surface area (Å²) in [5, 5.41) is 2.32. The van der Waals surface area contributed by atoms with E-state index >= 15 is 0 Å². The number of hydrogen-bond donors (Lipinski definition) is 0. The van der Waals surface area contributed by atoms with E-state index in [1.165, 1.54) is 10.1 Å². The van der Waals surface area contributed by atoms with Gasteiger partial charge in [-0.25, -0.2) is 0 Å². The van der Waals surface area contributed by atoms with E-state index in [-0.39, 0.29) is 0 Å². The molecule has 0 unspecified atom stereocenters. The molecule has 0 bridgehead atoms. The van der Waals surface area contributed by atoms with Crippen molar-refractivity contribution in [3.63, 3.8) is 0 Å². The summed E-state index contributed by atoms with van der Waals surface area (Å²) in [6.07, 6.45) is 3.87. The van der Waals surface area contributed by atoms with Crippen LogP contribution in [-0.2, 0) is 0 Å². The molecule has 1 aromatic carbocycles.